The number of carbonyl (C=O) groups excluding carboxylic acids is 2. The fourth-order valence-corrected chi connectivity index (χ4v) is 4.23. The Kier molecular flexibility index (Phi) is 7.30. The van der Waals surface area contributed by atoms with Gasteiger partial charge in [-0.1, -0.05) is 47.6 Å². The van der Waals surface area contributed by atoms with Crippen LogP contribution >= 0.6 is 23.4 Å². The van der Waals surface area contributed by atoms with Crippen molar-refractivity contribution in [1.29, 1.82) is 0 Å². The van der Waals surface area contributed by atoms with Gasteiger partial charge in [-0.15, -0.1) is 0 Å². The highest BCUT2D eigenvalue weighted by molar-refractivity contribution is 7.99. The van der Waals surface area contributed by atoms with E-state index in [9.17, 15) is 14.4 Å². The SMILES string of the molecule is COC(=O)c1ccc(NC(=O)CSc2nc3ccccc3c(=O)n2Cc2ccc(Cl)cc2)cc1. The molecular weight excluding hydrogens is 474 g/mol. The molecule has 0 atom stereocenters. The zero-order chi connectivity index (χ0) is 24.1. The maximum Gasteiger partial charge on any atom is 0.337 e. The number of para-hydroxylation sites is 1. The van der Waals surface area contributed by atoms with E-state index in [-0.39, 0.29) is 17.2 Å². The number of nitrogens with one attached hydrogen (secondary N) is 1. The number of esters is 1. The van der Waals surface area contributed by atoms with Crippen LogP contribution in [0.4, 0.5) is 5.69 Å². The number of anilines is 1. The van der Waals surface area contributed by atoms with Crippen molar-refractivity contribution in [2.75, 3.05) is 18.2 Å². The lowest BCUT2D eigenvalue weighted by Gasteiger charge is -2.13. The van der Waals surface area contributed by atoms with Crippen molar-refractivity contribution in [2.24, 2.45) is 0 Å². The van der Waals surface area contributed by atoms with Crippen molar-refractivity contribution in [3.8, 4) is 0 Å². The number of benzene rings is 3. The van der Waals surface area contributed by atoms with E-state index in [2.05, 4.69) is 15.0 Å². The Balaban J connectivity index is 1.54. The molecule has 4 rings (SSSR count). The molecular formula is C25H20ClN3O4S. The fourth-order valence-electron chi connectivity index (χ4n) is 3.30. The summed E-state index contributed by atoms with van der Waals surface area (Å²) in [6, 6.07) is 20.8. The standard InChI is InChI=1S/C25H20ClN3O4S/c1-33-24(32)17-8-12-19(13-9-17)27-22(30)15-34-25-28-21-5-3-2-4-20(21)23(31)29(25)14-16-6-10-18(26)11-7-16/h2-13H,14-15H2,1H3,(H,27,30). The third-order valence-corrected chi connectivity index (χ3v) is 6.23. The number of amides is 1. The molecule has 1 aromatic heterocycles. The van der Waals surface area contributed by atoms with E-state index in [0.29, 0.717) is 38.9 Å². The van der Waals surface area contributed by atoms with E-state index >= 15 is 0 Å². The number of rotatable bonds is 7. The van der Waals surface area contributed by atoms with Crippen molar-refractivity contribution in [3.05, 3.63) is 99.3 Å². The van der Waals surface area contributed by atoms with Gasteiger partial charge in [-0.05, 0) is 54.1 Å². The quantitative estimate of drug-likeness (QED) is 0.229. The highest BCUT2D eigenvalue weighted by atomic mass is 35.5. The van der Waals surface area contributed by atoms with Crippen molar-refractivity contribution >= 4 is 51.8 Å². The van der Waals surface area contributed by atoms with Crippen LogP contribution in [0.5, 0.6) is 0 Å². The van der Waals surface area contributed by atoms with E-state index in [1.54, 1.807) is 59.2 Å². The minimum Gasteiger partial charge on any atom is -0.465 e. The van der Waals surface area contributed by atoms with Gasteiger partial charge in [0.2, 0.25) is 5.91 Å². The fraction of sp³-hybridized carbons (Fsp3) is 0.120. The highest BCUT2D eigenvalue weighted by Gasteiger charge is 2.14. The minimum absolute atomic E-state index is 0.0458. The average molecular weight is 494 g/mol. The molecule has 9 heteroatoms. The van der Waals surface area contributed by atoms with E-state index < -0.39 is 5.97 Å². The van der Waals surface area contributed by atoms with Gasteiger partial charge in [-0.3, -0.25) is 14.2 Å². The Bertz CT molecular complexity index is 1400. The smallest absolute Gasteiger partial charge is 0.337 e. The van der Waals surface area contributed by atoms with Crippen molar-refractivity contribution in [3.63, 3.8) is 0 Å². The first-order valence-electron chi connectivity index (χ1n) is 10.3. The second-order valence-corrected chi connectivity index (χ2v) is 8.71. The molecule has 1 N–H and O–H groups in total. The third-order valence-electron chi connectivity index (χ3n) is 5.00. The number of aromatic nitrogens is 2. The maximum atomic E-state index is 13.2. The summed E-state index contributed by atoms with van der Waals surface area (Å²) >= 11 is 7.16. The Morgan fingerprint density at radius 3 is 2.44 bits per heavy atom. The number of hydrogen-bond donors (Lipinski definition) is 1. The van der Waals surface area contributed by atoms with Gasteiger partial charge in [0.15, 0.2) is 5.16 Å². The average Bonchev–Trinajstić information content (AvgIpc) is 2.86. The largest absolute Gasteiger partial charge is 0.465 e. The van der Waals surface area contributed by atoms with Crippen LogP contribution in [0.3, 0.4) is 0 Å². The lowest BCUT2D eigenvalue weighted by Crippen LogP contribution is -2.24. The monoisotopic (exact) mass is 493 g/mol. The van der Waals surface area contributed by atoms with Crippen LogP contribution in [0.1, 0.15) is 15.9 Å². The molecule has 172 valence electrons. The summed E-state index contributed by atoms with van der Waals surface area (Å²) in [6.45, 7) is 0.298. The second-order valence-electron chi connectivity index (χ2n) is 7.34. The molecule has 0 bridgehead atoms. The first-order chi connectivity index (χ1) is 16.4. The van der Waals surface area contributed by atoms with Gasteiger partial charge in [0.05, 0.1) is 35.9 Å². The first kappa shape index (κ1) is 23.5. The van der Waals surface area contributed by atoms with Crippen molar-refractivity contribution < 1.29 is 14.3 Å². The molecule has 0 aliphatic heterocycles. The van der Waals surface area contributed by atoms with Gasteiger partial charge >= 0.3 is 5.97 Å². The summed E-state index contributed by atoms with van der Waals surface area (Å²) in [6.07, 6.45) is 0. The predicted octanol–water partition coefficient (Wildman–Crippen LogP) is 4.62. The Labute approximate surface area is 204 Å². The molecule has 1 amide bonds. The van der Waals surface area contributed by atoms with Crippen LogP contribution in [-0.4, -0.2) is 34.3 Å². The van der Waals surface area contributed by atoms with Gasteiger partial charge in [0, 0.05) is 10.7 Å². The summed E-state index contributed by atoms with van der Waals surface area (Å²) in [5.41, 5.74) is 2.22. The molecule has 0 radical (unpaired) electrons. The second kappa shape index (κ2) is 10.5. The minimum atomic E-state index is -0.450. The van der Waals surface area contributed by atoms with Crippen molar-refractivity contribution in [1.82, 2.24) is 9.55 Å². The Morgan fingerprint density at radius 2 is 1.74 bits per heavy atom. The lowest BCUT2D eigenvalue weighted by molar-refractivity contribution is -0.113. The zero-order valence-corrected chi connectivity index (χ0v) is 19.7. The van der Waals surface area contributed by atoms with Crippen LogP contribution in [0.25, 0.3) is 10.9 Å². The Hall–Kier alpha value is -3.62. The van der Waals surface area contributed by atoms with Crippen LogP contribution < -0.4 is 10.9 Å². The zero-order valence-electron chi connectivity index (χ0n) is 18.2. The summed E-state index contributed by atoms with van der Waals surface area (Å²) in [5, 5.41) is 4.34. The van der Waals surface area contributed by atoms with E-state index in [1.165, 1.54) is 18.9 Å². The predicted molar refractivity (Wildman–Crippen MR) is 134 cm³/mol. The number of hydrogen-bond acceptors (Lipinski definition) is 6. The van der Waals surface area contributed by atoms with Gasteiger partial charge in [0.1, 0.15) is 0 Å². The number of halogens is 1. The number of methoxy groups -OCH3 is 1. The van der Waals surface area contributed by atoms with E-state index in [4.69, 9.17) is 11.6 Å². The van der Waals surface area contributed by atoms with Gasteiger partial charge in [-0.25, -0.2) is 9.78 Å². The summed E-state index contributed by atoms with van der Waals surface area (Å²) in [7, 11) is 1.31. The number of fused-ring (bicyclic) bond motifs is 1. The molecule has 0 saturated carbocycles. The number of carbonyl (C=O) groups is 2. The number of thioether (sulfide) groups is 1. The van der Waals surface area contributed by atoms with Crippen LogP contribution in [0.15, 0.2) is 82.7 Å². The third kappa shape index (κ3) is 5.47. The molecule has 0 unspecified atom stereocenters. The molecule has 0 aliphatic rings. The normalized spacial score (nSPS) is 10.8. The van der Waals surface area contributed by atoms with Gasteiger partial charge in [-0.2, -0.15) is 0 Å². The summed E-state index contributed by atoms with van der Waals surface area (Å²) in [4.78, 5) is 42.0. The van der Waals surface area contributed by atoms with Crippen LogP contribution in [-0.2, 0) is 16.1 Å². The van der Waals surface area contributed by atoms with Crippen LogP contribution in [0, 0.1) is 0 Å². The summed E-state index contributed by atoms with van der Waals surface area (Å²) in [5.74, 6) is -0.671. The summed E-state index contributed by atoms with van der Waals surface area (Å²) < 4.78 is 6.24. The highest BCUT2D eigenvalue weighted by Crippen LogP contribution is 2.20. The van der Waals surface area contributed by atoms with E-state index in [0.717, 1.165) is 5.56 Å². The molecule has 1 heterocycles. The van der Waals surface area contributed by atoms with Crippen LogP contribution in [0.2, 0.25) is 5.02 Å². The molecule has 4 aromatic rings. The maximum absolute atomic E-state index is 13.2. The lowest BCUT2D eigenvalue weighted by atomic mass is 10.2. The number of nitrogens with zero attached hydrogens (tertiary/aromatic N) is 2. The van der Waals surface area contributed by atoms with Crippen molar-refractivity contribution in [2.45, 2.75) is 11.7 Å². The molecule has 0 aliphatic carbocycles. The Morgan fingerprint density at radius 1 is 1.03 bits per heavy atom. The van der Waals surface area contributed by atoms with E-state index in [1.807, 2.05) is 18.2 Å². The topological polar surface area (TPSA) is 90.3 Å². The molecule has 34 heavy (non-hydrogen) atoms. The first-order valence-corrected chi connectivity index (χ1v) is 11.7. The molecule has 3 aromatic carbocycles. The number of ether oxygens (including phenoxy) is 1. The molecule has 0 saturated heterocycles. The molecule has 0 spiro atoms. The molecule has 7 nitrogen and oxygen atoms in total. The van der Waals surface area contributed by atoms with Gasteiger partial charge in [0.25, 0.3) is 5.56 Å². The molecule has 0 fully saturated rings. The van der Waals surface area contributed by atoms with Gasteiger partial charge < -0.3 is 10.1 Å².